The normalized spacial score (nSPS) is 13.8. The zero-order chi connectivity index (χ0) is 47.7. The molecule has 0 aliphatic rings. The Morgan fingerprint density at radius 1 is 0.477 bits per heavy atom. The van der Waals surface area contributed by atoms with E-state index in [-0.39, 0.29) is 38.6 Å². The number of carboxylic acid groups (broad SMARTS) is 1. The van der Waals surface area contributed by atoms with Gasteiger partial charge >= 0.3 is 17.9 Å². The molecule has 0 aliphatic heterocycles. The molecule has 0 aliphatic carbocycles. The smallest absolute Gasteiger partial charge is 0.361 e. The predicted molar refractivity (Wildman–Crippen MR) is 271 cm³/mol. The molecule has 0 spiro atoms. The van der Waals surface area contributed by atoms with Gasteiger partial charge in [-0.2, -0.15) is 0 Å². The molecule has 368 valence electrons. The summed E-state index contributed by atoms with van der Waals surface area (Å²) in [6.45, 7) is 4.64. The highest BCUT2D eigenvalue weighted by Crippen LogP contribution is 2.12. The van der Waals surface area contributed by atoms with E-state index in [0.29, 0.717) is 17.4 Å². The van der Waals surface area contributed by atoms with Crippen molar-refractivity contribution in [2.24, 2.45) is 0 Å². The molecule has 0 radical (unpaired) electrons. The molecule has 2 unspecified atom stereocenters. The van der Waals surface area contributed by atoms with Gasteiger partial charge in [0, 0.05) is 12.8 Å². The van der Waals surface area contributed by atoms with Crippen molar-refractivity contribution >= 4 is 17.9 Å². The molecule has 2 atom stereocenters. The maximum absolute atomic E-state index is 12.8. The topological polar surface area (TPSA) is 108 Å². The van der Waals surface area contributed by atoms with E-state index < -0.39 is 24.3 Å². The van der Waals surface area contributed by atoms with Gasteiger partial charge in [-0.05, 0) is 96.3 Å². The largest absolute Gasteiger partial charge is 0.477 e. The van der Waals surface area contributed by atoms with Crippen molar-refractivity contribution in [2.75, 3.05) is 47.5 Å². The van der Waals surface area contributed by atoms with Gasteiger partial charge in [0.1, 0.15) is 13.2 Å². The van der Waals surface area contributed by atoms with Crippen LogP contribution in [0.4, 0.5) is 0 Å². The maximum atomic E-state index is 12.8. The Morgan fingerprint density at radius 3 is 1.32 bits per heavy atom. The van der Waals surface area contributed by atoms with Gasteiger partial charge in [-0.3, -0.25) is 9.59 Å². The monoisotopic (exact) mass is 907 g/mol. The zero-order valence-electron chi connectivity index (χ0n) is 41.6. The van der Waals surface area contributed by atoms with Crippen molar-refractivity contribution in [1.29, 1.82) is 0 Å². The Balaban J connectivity index is 4.38. The predicted octanol–water partition coefficient (Wildman–Crippen LogP) is 14.0. The Bertz CT molecular complexity index is 1430. The van der Waals surface area contributed by atoms with E-state index in [2.05, 4.69) is 123 Å². The van der Waals surface area contributed by atoms with Gasteiger partial charge in [-0.25, -0.2) is 4.79 Å². The van der Waals surface area contributed by atoms with Crippen LogP contribution in [0, 0.1) is 0 Å². The van der Waals surface area contributed by atoms with E-state index in [1.54, 1.807) is 0 Å². The Labute approximate surface area is 396 Å². The number of carboxylic acids is 1. The second-order valence-corrected chi connectivity index (χ2v) is 17.4. The molecule has 0 heterocycles. The molecule has 0 aromatic rings. The summed E-state index contributed by atoms with van der Waals surface area (Å²) < 4.78 is 22.7. The number of quaternary nitrogens is 1. The van der Waals surface area contributed by atoms with Gasteiger partial charge in [0.2, 0.25) is 0 Å². The summed E-state index contributed by atoms with van der Waals surface area (Å²) in [5, 5.41) is 9.65. The zero-order valence-corrected chi connectivity index (χ0v) is 41.6. The molecule has 65 heavy (non-hydrogen) atoms. The lowest BCUT2D eigenvalue weighted by Gasteiger charge is -2.25. The van der Waals surface area contributed by atoms with E-state index in [1.165, 1.54) is 12.8 Å². The quantitative estimate of drug-likeness (QED) is 0.0212. The van der Waals surface area contributed by atoms with Crippen LogP contribution >= 0.6 is 0 Å². The number of carbonyl (C=O) groups is 3. The minimum Gasteiger partial charge on any atom is -0.477 e. The maximum Gasteiger partial charge on any atom is 0.361 e. The third-order valence-electron chi connectivity index (χ3n) is 10.0. The van der Waals surface area contributed by atoms with Crippen molar-refractivity contribution < 1.29 is 42.9 Å². The lowest BCUT2D eigenvalue weighted by molar-refractivity contribution is -0.870. The number of nitrogens with zero attached hydrogens (tertiary/aromatic N) is 1. The van der Waals surface area contributed by atoms with Crippen LogP contribution in [0.25, 0.3) is 0 Å². The molecular weight excluding hydrogens is 815 g/mol. The van der Waals surface area contributed by atoms with Crippen LogP contribution in [-0.4, -0.2) is 87.4 Å². The summed E-state index contributed by atoms with van der Waals surface area (Å²) in [6.07, 6.45) is 60.2. The minimum atomic E-state index is -1.52. The highest BCUT2D eigenvalue weighted by atomic mass is 16.7. The number of allylic oxidation sites excluding steroid dienone is 18. The molecule has 1 N–H and O–H groups in total. The molecule has 0 aromatic heterocycles. The molecular formula is C56H92NO8+. The van der Waals surface area contributed by atoms with Gasteiger partial charge in [0.05, 0.1) is 34.4 Å². The first-order chi connectivity index (χ1) is 31.6. The summed E-state index contributed by atoms with van der Waals surface area (Å²) in [6, 6.07) is 0. The Hall–Kier alpha value is -4.05. The van der Waals surface area contributed by atoms with Gasteiger partial charge in [-0.1, -0.05) is 168 Å². The van der Waals surface area contributed by atoms with Gasteiger partial charge in [0.25, 0.3) is 6.29 Å². The first kappa shape index (κ1) is 60.9. The molecule has 0 fully saturated rings. The van der Waals surface area contributed by atoms with E-state index in [0.717, 1.165) is 122 Å². The molecule has 0 saturated carbocycles. The highest BCUT2D eigenvalue weighted by Gasteiger charge is 2.25. The fourth-order valence-electron chi connectivity index (χ4n) is 6.12. The Kier molecular flexibility index (Phi) is 43.6. The molecule has 0 amide bonds. The SMILES string of the molecule is CC/C=C\C/C=C\C/C=C\C/C=C\C/C=C\C/C=C\C/C=C\C/C=C\CCCCCCC(=O)OC(COC(=O)CCCCCCC/C=C\CCCC)COC(OCC[N+](C)(C)C)C(=O)O. The van der Waals surface area contributed by atoms with Crippen molar-refractivity contribution in [2.45, 2.75) is 180 Å². The van der Waals surface area contributed by atoms with Crippen LogP contribution in [0.15, 0.2) is 109 Å². The second-order valence-electron chi connectivity index (χ2n) is 17.4. The highest BCUT2D eigenvalue weighted by molar-refractivity contribution is 5.71. The third-order valence-corrected chi connectivity index (χ3v) is 10.0. The average molecular weight is 907 g/mol. The van der Waals surface area contributed by atoms with Crippen molar-refractivity contribution in [3.8, 4) is 0 Å². The van der Waals surface area contributed by atoms with Crippen LogP contribution in [0.5, 0.6) is 0 Å². The van der Waals surface area contributed by atoms with Gasteiger partial charge in [0.15, 0.2) is 6.10 Å². The first-order valence-electron chi connectivity index (χ1n) is 25.1. The van der Waals surface area contributed by atoms with Gasteiger partial charge < -0.3 is 28.5 Å². The van der Waals surface area contributed by atoms with E-state index in [4.69, 9.17) is 18.9 Å². The summed E-state index contributed by atoms with van der Waals surface area (Å²) >= 11 is 0. The number of likely N-dealkylation sites (N-methyl/N-ethyl adjacent to an activating group) is 1. The number of esters is 2. The standard InChI is InChI=1S/C56H91NO8/c1-6-8-10-12-14-16-18-19-20-21-22-23-24-25-26-27-28-29-30-31-32-33-34-35-37-39-41-43-45-47-54(59)65-52(51-64-56(55(60)61)62-49-48-57(3,4)5)50-63-53(58)46-44-42-40-38-36-17-15-13-11-9-7-2/h8,10,13-16,19-20,22-23,25-26,28-29,31-32,34-35,52,56H,6-7,9,11-12,17-18,21,24,27,30,33,36-51H2,1-5H3/p+1/b10-8-,15-13-,16-14-,20-19-,23-22-,26-25-,29-28-,32-31-,35-34-. The van der Waals surface area contributed by atoms with Crippen LogP contribution < -0.4 is 0 Å². The van der Waals surface area contributed by atoms with Crippen LogP contribution in [0.3, 0.4) is 0 Å². The first-order valence-corrected chi connectivity index (χ1v) is 25.1. The number of ether oxygens (including phenoxy) is 4. The van der Waals surface area contributed by atoms with E-state index in [9.17, 15) is 19.5 Å². The lowest BCUT2D eigenvalue weighted by atomic mass is 10.1. The number of rotatable bonds is 44. The molecule has 0 aromatic carbocycles. The third kappa shape index (κ3) is 47.7. The Morgan fingerprint density at radius 2 is 0.877 bits per heavy atom. The van der Waals surface area contributed by atoms with Crippen molar-refractivity contribution in [3.63, 3.8) is 0 Å². The van der Waals surface area contributed by atoms with E-state index >= 15 is 0 Å². The summed E-state index contributed by atoms with van der Waals surface area (Å²) in [7, 11) is 5.93. The number of carbonyl (C=O) groups excluding carboxylic acids is 2. The van der Waals surface area contributed by atoms with Crippen LogP contribution in [-0.2, 0) is 33.3 Å². The van der Waals surface area contributed by atoms with Crippen molar-refractivity contribution in [1.82, 2.24) is 0 Å². The van der Waals surface area contributed by atoms with Crippen LogP contribution in [0.2, 0.25) is 0 Å². The number of unbranched alkanes of at least 4 members (excludes halogenated alkanes) is 11. The molecule has 9 heteroatoms. The fourth-order valence-corrected chi connectivity index (χ4v) is 6.12. The van der Waals surface area contributed by atoms with Crippen molar-refractivity contribution in [3.05, 3.63) is 109 Å². The molecule has 9 nitrogen and oxygen atoms in total. The van der Waals surface area contributed by atoms with E-state index in [1.807, 2.05) is 21.1 Å². The minimum absolute atomic E-state index is 0.175. The van der Waals surface area contributed by atoms with Gasteiger partial charge in [-0.15, -0.1) is 0 Å². The fraction of sp³-hybridized carbons (Fsp3) is 0.625. The molecule has 0 saturated heterocycles. The summed E-state index contributed by atoms with van der Waals surface area (Å²) in [4.78, 5) is 37.1. The number of hydrogen-bond donors (Lipinski definition) is 1. The molecule has 0 rings (SSSR count). The average Bonchev–Trinajstić information content (AvgIpc) is 3.27. The summed E-state index contributed by atoms with van der Waals surface area (Å²) in [5.41, 5.74) is 0. The van der Waals surface area contributed by atoms with Crippen LogP contribution in [0.1, 0.15) is 168 Å². The molecule has 0 bridgehead atoms. The second kappa shape index (κ2) is 46.5. The number of aliphatic carboxylic acids is 1. The lowest BCUT2D eigenvalue weighted by Crippen LogP contribution is -2.40. The summed E-state index contributed by atoms with van der Waals surface area (Å²) in [5.74, 6) is -2.07. The number of hydrogen-bond acceptors (Lipinski definition) is 7.